The number of benzene rings is 2. The largest absolute Gasteiger partial charge is 0.406 e. The minimum atomic E-state index is -0.675. The summed E-state index contributed by atoms with van der Waals surface area (Å²) in [5, 5.41) is 13.7. The zero-order chi connectivity index (χ0) is 20.8. The predicted molar refractivity (Wildman–Crippen MR) is 108 cm³/mol. The van der Waals surface area contributed by atoms with Gasteiger partial charge in [-0.05, 0) is 30.2 Å². The Morgan fingerprint density at radius 3 is 2.59 bits per heavy atom. The zero-order valence-corrected chi connectivity index (χ0v) is 15.7. The van der Waals surface area contributed by atoms with Crippen molar-refractivity contribution >= 4 is 17.3 Å². The molecule has 0 radical (unpaired) electrons. The molecule has 8 heteroatoms. The number of amides is 1. The lowest BCUT2D eigenvalue weighted by Gasteiger charge is -2.10. The Bertz CT molecular complexity index is 1090. The molecule has 148 valence electrons. The van der Waals surface area contributed by atoms with E-state index in [1.54, 1.807) is 12.1 Å². The molecule has 0 aliphatic heterocycles. The summed E-state index contributed by atoms with van der Waals surface area (Å²) in [7, 11) is 0. The van der Waals surface area contributed by atoms with Crippen LogP contribution in [0.1, 0.15) is 28.4 Å². The number of aromatic nitrogens is 1. The number of carbonyl (C=O) groups is 1. The average Bonchev–Trinajstić information content (AvgIpc) is 2.73. The van der Waals surface area contributed by atoms with Gasteiger partial charge in [-0.1, -0.05) is 43.3 Å². The standard InChI is InChI=1S/C21H19N3O5/c1-2-16-10-11-17(13-19(16)24(27)28)22-20(25)18-9-6-12-23(21(18)26)29-14-15-7-4-3-5-8-15/h3-13H,2,14H2,1H3,(H,22,25). The minimum Gasteiger partial charge on any atom is -0.406 e. The molecule has 0 bridgehead atoms. The normalized spacial score (nSPS) is 10.4. The minimum absolute atomic E-state index is 0.0815. The van der Waals surface area contributed by atoms with Gasteiger partial charge >= 0.3 is 0 Å². The fourth-order valence-corrected chi connectivity index (χ4v) is 2.78. The maximum Gasteiger partial charge on any atom is 0.295 e. The van der Waals surface area contributed by atoms with E-state index in [0.29, 0.717) is 12.0 Å². The van der Waals surface area contributed by atoms with E-state index in [1.165, 1.54) is 24.4 Å². The molecular weight excluding hydrogens is 374 g/mol. The highest BCUT2D eigenvalue weighted by atomic mass is 16.7. The Balaban J connectivity index is 1.79. The van der Waals surface area contributed by atoms with Gasteiger partial charge in [-0.3, -0.25) is 19.7 Å². The van der Waals surface area contributed by atoms with Crippen molar-refractivity contribution in [1.82, 2.24) is 4.73 Å². The highest BCUT2D eigenvalue weighted by Crippen LogP contribution is 2.23. The van der Waals surface area contributed by atoms with E-state index in [2.05, 4.69) is 5.32 Å². The van der Waals surface area contributed by atoms with E-state index in [-0.39, 0.29) is 23.5 Å². The fourth-order valence-electron chi connectivity index (χ4n) is 2.78. The van der Waals surface area contributed by atoms with Crippen LogP contribution in [0.15, 0.2) is 71.7 Å². The van der Waals surface area contributed by atoms with Crippen molar-refractivity contribution in [3.8, 4) is 0 Å². The van der Waals surface area contributed by atoms with Crippen LogP contribution < -0.4 is 15.7 Å². The predicted octanol–water partition coefficient (Wildman–Crippen LogP) is 3.20. The van der Waals surface area contributed by atoms with E-state index < -0.39 is 16.4 Å². The highest BCUT2D eigenvalue weighted by Gasteiger charge is 2.17. The molecule has 1 heterocycles. The van der Waals surface area contributed by atoms with E-state index in [4.69, 9.17) is 4.84 Å². The number of hydrogen-bond donors (Lipinski definition) is 1. The zero-order valence-electron chi connectivity index (χ0n) is 15.7. The summed E-state index contributed by atoms with van der Waals surface area (Å²) in [5.74, 6) is -0.675. The fraction of sp³-hybridized carbons (Fsp3) is 0.143. The summed E-state index contributed by atoms with van der Waals surface area (Å²) >= 11 is 0. The smallest absolute Gasteiger partial charge is 0.295 e. The van der Waals surface area contributed by atoms with Gasteiger partial charge in [0.05, 0.1) is 4.92 Å². The quantitative estimate of drug-likeness (QED) is 0.490. The van der Waals surface area contributed by atoms with Gasteiger partial charge in [0, 0.05) is 23.5 Å². The van der Waals surface area contributed by atoms with Gasteiger partial charge in [-0.25, -0.2) is 0 Å². The topological polar surface area (TPSA) is 103 Å². The van der Waals surface area contributed by atoms with Crippen LogP contribution in [0.4, 0.5) is 11.4 Å². The third-order valence-electron chi connectivity index (χ3n) is 4.29. The van der Waals surface area contributed by atoms with Crippen molar-refractivity contribution in [1.29, 1.82) is 0 Å². The molecule has 8 nitrogen and oxygen atoms in total. The van der Waals surface area contributed by atoms with Crippen LogP contribution in [0.5, 0.6) is 0 Å². The molecule has 0 saturated heterocycles. The maximum atomic E-state index is 12.6. The van der Waals surface area contributed by atoms with Gasteiger partial charge in [-0.2, -0.15) is 4.73 Å². The summed E-state index contributed by atoms with van der Waals surface area (Å²) in [6.45, 7) is 1.97. The number of pyridine rings is 1. The van der Waals surface area contributed by atoms with Gasteiger partial charge in [0.1, 0.15) is 12.2 Å². The van der Waals surface area contributed by atoms with Crippen LogP contribution >= 0.6 is 0 Å². The summed E-state index contributed by atoms with van der Waals surface area (Å²) in [6.07, 6.45) is 1.91. The van der Waals surface area contributed by atoms with Gasteiger partial charge in [0.25, 0.3) is 17.2 Å². The maximum absolute atomic E-state index is 12.6. The Kier molecular flexibility index (Phi) is 6.03. The molecular formula is C21H19N3O5. The molecule has 0 fully saturated rings. The Morgan fingerprint density at radius 1 is 1.14 bits per heavy atom. The first-order valence-corrected chi connectivity index (χ1v) is 8.97. The summed E-state index contributed by atoms with van der Waals surface area (Å²) in [5.41, 5.74) is 0.825. The van der Waals surface area contributed by atoms with Gasteiger partial charge in [-0.15, -0.1) is 0 Å². The van der Waals surface area contributed by atoms with E-state index in [9.17, 15) is 19.7 Å². The summed E-state index contributed by atoms with van der Waals surface area (Å²) in [6, 6.07) is 16.6. The molecule has 3 aromatic rings. The first-order chi connectivity index (χ1) is 14.0. The highest BCUT2D eigenvalue weighted by molar-refractivity contribution is 6.04. The van der Waals surface area contributed by atoms with Crippen LogP contribution in [0, 0.1) is 10.1 Å². The number of anilines is 1. The molecule has 0 unspecified atom stereocenters. The van der Waals surface area contributed by atoms with Crippen LogP contribution in [-0.2, 0) is 13.0 Å². The van der Waals surface area contributed by atoms with Crippen molar-refractivity contribution in [2.75, 3.05) is 5.32 Å². The van der Waals surface area contributed by atoms with E-state index >= 15 is 0 Å². The monoisotopic (exact) mass is 393 g/mol. The molecule has 0 aliphatic rings. The lowest BCUT2D eigenvalue weighted by atomic mass is 10.1. The second-order valence-electron chi connectivity index (χ2n) is 6.22. The number of aryl methyl sites for hydroxylation is 1. The first kappa shape index (κ1) is 19.8. The third kappa shape index (κ3) is 4.67. The van der Waals surface area contributed by atoms with E-state index in [0.717, 1.165) is 10.3 Å². The van der Waals surface area contributed by atoms with Crippen molar-refractivity contribution in [3.05, 3.63) is 104 Å². The third-order valence-corrected chi connectivity index (χ3v) is 4.29. The Labute approximate surface area is 166 Å². The molecule has 0 saturated carbocycles. The SMILES string of the molecule is CCc1ccc(NC(=O)c2cccn(OCc3ccccc3)c2=O)cc1[N+](=O)[O-]. The average molecular weight is 393 g/mol. The van der Waals surface area contributed by atoms with Crippen LogP contribution in [-0.4, -0.2) is 15.6 Å². The first-order valence-electron chi connectivity index (χ1n) is 8.97. The number of rotatable bonds is 7. The molecule has 3 rings (SSSR count). The van der Waals surface area contributed by atoms with Gasteiger partial charge in [0.2, 0.25) is 0 Å². The molecule has 1 aromatic heterocycles. The number of carbonyl (C=O) groups excluding carboxylic acids is 1. The second kappa shape index (κ2) is 8.83. The van der Waals surface area contributed by atoms with Crippen LogP contribution in [0.3, 0.4) is 0 Å². The molecule has 2 aromatic carbocycles. The molecule has 29 heavy (non-hydrogen) atoms. The number of nitro benzene ring substituents is 1. The van der Waals surface area contributed by atoms with Gasteiger partial charge < -0.3 is 10.2 Å². The number of nitrogens with one attached hydrogen (secondary N) is 1. The number of nitro groups is 1. The number of hydrogen-bond acceptors (Lipinski definition) is 5. The van der Waals surface area contributed by atoms with E-state index in [1.807, 2.05) is 37.3 Å². The second-order valence-corrected chi connectivity index (χ2v) is 6.22. The lowest BCUT2D eigenvalue weighted by molar-refractivity contribution is -0.385. The molecule has 1 N–H and O–H groups in total. The molecule has 0 aliphatic carbocycles. The Hall–Kier alpha value is -3.94. The van der Waals surface area contributed by atoms with Crippen LogP contribution in [0.25, 0.3) is 0 Å². The van der Waals surface area contributed by atoms with Crippen molar-refractivity contribution in [2.24, 2.45) is 0 Å². The number of nitrogens with zero attached hydrogens (tertiary/aromatic N) is 2. The Morgan fingerprint density at radius 2 is 1.90 bits per heavy atom. The van der Waals surface area contributed by atoms with Crippen molar-refractivity contribution in [2.45, 2.75) is 20.0 Å². The molecule has 0 spiro atoms. The van der Waals surface area contributed by atoms with Crippen LogP contribution in [0.2, 0.25) is 0 Å². The van der Waals surface area contributed by atoms with Crippen molar-refractivity contribution < 1.29 is 14.6 Å². The summed E-state index contributed by atoms with van der Waals surface area (Å²) < 4.78 is 0.991. The molecule has 1 amide bonds. The lowest BCUT2D eigenvalue weighted by Crippen LogP contribution is -2.32. The van der Waals surface area contributed by atoms with Crippen molar-refractivity contribution in [3.63, 3.8) is 0 Å². The molecule has 0 atom stereocenters. The van der Waals surface area contributed by atoms with Gasteiger partial charge in [0.15, 0.2) is 0 Å². The summed E-state index contributed by atoms with van der Waals surface area (Å²) in [4.78, 5) is 41.3.